The van der Waals surface area contributed by atoms with Gasteiger partial charge in [-0.15, -0.1) is 0 Å². The van der Waals surface area contributed by atoms with Crippen molar-refractivity contribution in [2.75, 3.05) is 7.05 Å². The van der Waals surface area contributed by atoms with Crippen LogP contribution >= 0.6 is 11.6 Å². The number of hydrogen-bond acceptors (Lipinski definition) is 4. The van der Waals surface area contributed by atoms with Crippen LogP contribution in [0.25, 0.3) is 0 Å². The van der Waals surface area contributed by atoms with Crippen LogP contribution in [0.4, 0.5) is 0 Å². The Labute approximate surface area is 150 Å². The van der Waals surface area contributed by atoms with Gasteiger partial charge in [0.2, 0.25) is 10.0 Å². The molecule has 0 aliphatic rings. The zero-order chi connectivity index (χ0) is 18.6. The average Bonchev–Trinajstić information content (AvgIpc) is 2.60. The van der Waals surface area contributed by atoms with Gasteiger partial charge in [-0.05, 0) is 43.8 Å². The van der Waals surface area contributed by atoms with E-state index in [4.69, 9.17) is 11.6 Å². The van der Waals surface area contributed by atoms with E-state index in [9.17, 15) is 18.0 Å². The van der Waals surface area contributed by atoms with E-state index in [1.54, 1.807) is 25.1 Å². The Balaban J connectivity index is 2.17. The molecule has 2 amide bonds. The molecule has 0 saturated heterocycles. The zero-order valence-corrected chi connectivity index (χ0v) is 15.0. The number of rotatable bonds is 4. The third-order valence-corrected chi connectivity index (χ3v) is 5.18. The number of sulfonamides is 1. The van der Waals surface area contributed by atoms with Crippen molar-refractivity contribution in [3.8, 4) is 0 Å². The summed E-state index contributed by atoms with van der Waals surface area (Å²) in [5.74, 6) is -1.23. The first kappa shape index (κ1) is 18.9. The summed E-state index contributed by atoms with van der Waals surface area (Å²) in [6.45, 7) is 1.65. The Morgan fingerprint density at radius 3 is 2.16 bits per heavy atom. The number of carbonyl (C=O) groups excluding carboxylic acids is 2. The van der Waals surface area contributed by atoms with Gasteiger partial charge < -0.3 is 0 Å². The predicted octanol–water partition coefficient (Wildman–Crippen LogP) is 1.63. The number of benzene rings is 2. The van der Waals surface area contributed by atoms with Crippen molar-refractivity contribution in [2.24, 2.45) is 0 Å². The molecule has 0 aliphatic carbocycles. The van der Waals surface area contributed by atoms with Crippen molar-refractivity contribution in [3.63, 3.8) is 0 Å². The van der Waals surface area contributed by atoms with Crippen LogP contribution in [0.5, 0.6) is 0 Å². The van der Waals surface area contributed by atoms with Crippen molar-refractivity contribution in [3.05, 3.63) is 64.2 Å². The molecule has 132 valence electrons. The lowest BCUT2D eigenvalue weighted by atomic mass is 10.1. The van der Waals surface area contributed by atoms with Gasteiger partial charge in [0.25, 0.3) is 11.8 Å². The van der Waals surface area contributed by atoms with Crippen LogP contribution in [0.3, 0.4) is 0 Å². The van der Waals surface area contributed by atoms with Crippen LogP contribution in [0, 0.1) is 6.92 Å². The SMILES string of the molecule is CNS(=O)(=O)c1ccc(C)c(C(=O)NNC(=O)c2ccccc2Cl)c1. The number of nitrogens with one attached hydrogen (secondary N) is 3. The molecule has 9 heteroatoms. The summed E-state index contributed by atoms with van der Waals surface area (Å²) in [4.78, 5) is 24.3. The highest BCUT2D eigenvalue weighted by atomic mass is 35.5. The minimum Gasteiger partial charge on any atom is -0.267 e. The van der Waals surface area contributed by atoms with Crippen LogP contribution in [0.15, 0.2) is 47.4 Å². The highest BCUT2D eigenvalue weighted by molar-refractivity contribution is 7.89. The second kappa shape index (κ2) is 7.64. The van der Waals surface area contributed by atoms with Crippen LogP contribution in [-0.2, 0) is 10.0 Å². The molecule has 0 bridgehead atoms. The molecule has 2 rings (SSSR count). The normalized spacial score (nSPS) is 11.0. The van der Waals surface area contributed by atoms with E-state index < -0.39 is 21.8 Å². The van der Waals surface area contributed by atoms with Crippen LogP contribution in [-0.4, -0.2) is 27.3 Å². The minimum absolute atomic E-state index is 0.0526. The molecule has 0 spiro atoms. The molecule has 0 aromatic heterocycles. The number of aryl methyl sites for hydroxylation is 1. The molecule has 0 heterocycles. The third kappa shape index (κ3) is 4.36. The zero-order valence-electron chi connectivity index (χ0n) is 13.5. The minimum atomic E-state index is -3.69. The molecule has 2 aromatic rings. The maximum atomic E-state index is 12.3. The Morgan fingerprint density at radius 2 is 1.56 bits per heavy atom. The highest BCUT2D eigenvalue weighted by Crippen LogP contribution is 2.16. The fourth-order valence-electron chi connectivity index (χ4n) is 2.02. The van der Waals surface area contributed by atoms with Gasteiger partial charge >= 0.3 is 0 Å². The Kier molecular flexibility index (Phi) is 5.78. The summed E-state index contributed by atoms with van der Waals surface area (Å²) < 4.78 is 25.9. The Morgan fingerprint density at radius 1 is 0.960 bits per heavy atom. The summed E-state index contributed by atoms with van der Waals surface area (Å²) in [5.41, 5.74) is 5.38. The quantitative estimate of drug-likeness (QED) is 0.700. The van der Waals surface area contributed by atoms with E-state index in [0.717, 1.165) is 0 Å². The van der Waals surface area contributed by atoms with Crippen molar-refractivity contribution in [1.29, 1.82) is 0 Å². The molecule has 0 radical (unpaired) electrons. The molecular formula is C16H16ClN3O4S. The predicted molar refractivity (Wildman–Crippen MR) is 93.8 cm³/mol. The van der Waals surface area contributed by atoms with E-state index in [2.05, 4.69) is 15.6 Å². The number of amides is 2. The monoisotopic (exact) mass is 381 g/mol. The number of hydrogen-bond donors (Lipinski definition) is 3. The third-order valence-electron chi connectivity index (χ3n) is 3.44. The van der Waals surface area contributed by atoms with Gasteiger partial charge in [-0.25, -0.2) is 13.1 Å². The summed E-state index contributed by atoms with van der Waals surface area (Å²) in [6.07, 6.45) is 0. The molecule has 0 unspecified atom stereocenters. The summed E-state index contributed by atoms with van der Waals surface area (Å²) in [6, 6.07) is 10.5. The largest absolute Gasteiger partial charge is 0.271 e. The van der Waals surface area contributed by atoms with E-state index >= 15 is 0 Å². The first-order chi connectivity index (χ1) is 11.8. The van der Waals surface area contributed by atoms with Gasteiger partial charge in [-0.1, -0.05) is 29.8 Å². The molecule has 25 heavy (non-hydrogen) atoms. The van der Waals surface area contributed by atoms with Crippen molar-refractivity contribution in [2.45, 2.75) is 11.8 Å². The molecule has 2 aromatic carbocycles. The second-order valence-corrected chi connectivity index (χ2v) is 7.37. The molecule has 0 atom stereocenters. The maximum Gasteiger partial charge on any atom is 0.271 e. The summed E-state index contributed by atoms with van der Waals surface area (Å²) in [7, 11) is -2.41. The smallest absolute Gasteiger partial charge is 0.267 e. The van der Waals surface area contributed by atoms with E-state index in [0.29, 0.717) is 5.56 Å². The first-order valence-corrected chi connectivity index (χ1v) is 9.02. The van der Waals surface area contributed by atoms with Gasteiger partial charge in [-0.3, -0.25) is 20.4 Å². The summed E-state index contributed by atoms with van der Waals surface area (Å²) >= 11 is 5.92. The fourth-order valence-corrected chi connectivity index (χ4v) is 3.00. The van der Waals surface area contributed by atoms with Crippen LogP contribution < -0.4 is 15.6 Å². The van der Waals surface area contributed by atoms with Gasteiger partial charge in [0.05, 0.1) is 15.5 Å². The number of hydrazine groups is 1. The standard InChI is InChI=1S/C16H16ClN3O4S/c1-10-7-8-11(25(23,24)18-2)9-13(10)16(22)20-19-15(21)12-5-3-4-6-14(12)17/h3-9,18H,1-2H3,(H,19,21)(H,20,22). The maximum absolute atomic E-state index is 12.3. The first-order valence-electron chi connectivity index (χ1n) is 7.15. The highest BCUT2D eigenvalue weighted by Gasteiger charge is 2.17. The Hall–Kier alpha value is -2.42. The van der Waals surface area contributed by atoms with Gasteiger partial charge in [0, 0.05) is 5.56 Å². The molecule has 7 nitrogen and oxygen atoms in total. The molecule has 3 N–H and O–H groups in total. The lowest BCUT2D eigenvalue weighted by Crippen LogP contribution is -2.42. The van der Waals surface area contributed by atoms with E-state index in [1.807, 2.05) is 0 Å². The Bertz CT molecular complexity index is 929. The van der Waals surface area contributed by atoms with Gasteiger partial charge in [-0.2, -0.15) is 0 Å². The lowest BCUT2D eigenvalue weighted by Gasteiger charge is -2.11. The second-order valence-electron chi connectivity index (χ2n) is 5.07. The van der Waals surface area contributed by atoms with Crippen molar-refractivity contribution in [1.82, 2.24) is 15.6 Å². The van der Waals surface area contributed by atoms with Crippen LogP contribution in [0.1, 0.15) is 26.3 Å². The van der Waals surface area contributed by atoms with Crippen molar-refractivity contribution >= 4 is 33.4 Å². The van der Waals surface area contributed by atoms with Crippen LogP contribution in [0.2, 0.25) is 5.02 Å². The fraction of sp³-hybridized carbons (Fsp3) is 0.125. The summed E-state index contributed by atoms with van der Waals surface area (Å²) in [5, 5.41) is 0.243. The van der Waals surface area contributed by atoms with E-state index in [1.165, 1.54) is 31.3 Å². The number of carbonyl (C=O) groups is 2. The topological polar surface area (TPSA) is 104 Å². The lowest BCUT2D eigenvalue weighted by molar-refractivity contribution is 0.0846. The average molecular weight is 382 g/mol. The molecule has 0 aliphatic heterocycles. The molecule has 0 fully saturated rings. The number of halogens is 1. The van der Waals surface area contributed by atoms with E-state index in [-0.39, 0.29) is 21.0 Å². The molecule has 0 saturated carbocycles. The molecular weight excluding hydrogens is 366 g/mol. The van der Waals surface area contributed by atoms with Gasteiger partial charge in [0.1, 0.15) is 0 Å². The van der Waals surface area contributed by atoms with Crippen molar-refractivity contribution < 1.29 is 18.0 Å². The van der Waals surface area contributed by atoms with Gasteiger partial charge in [0.15, 0.2) is 0 Å².